The Morgan fingerprint density at radius 3 is 2.40 bits per heavy atom. The molecule has 10 heavy (non-hydrogen) atoms. The van der Waals surface area contributed by atoms with Crippen LogP contribution >= 0.6 is 12.4 Å². The van der Waals surface area contributed by atoms with Crippen molar-refractivity contribution in [2.75, 3.05) is 6.61 Å². The summed E-state index contributed by atoms with van der Waals surface area (Å²) in [4.78, 5) is 0. The summed E-state index contributed by atoms with van der Waals surface area (Å²) in [5, 5.41) is 0. The van der Waals surface area contributed by atoms with Gasteiger partial charge in [-0.1, -0.05) is 0 Å². The van der Waals surface area contributed by atoms with Crippen LogP contribution in [0.3, 0.4) is 0 Å². The summed E-state index contributed by atoms with van der Waals surface area (Å²) < 4.78 is 5.05. The summed E-state index contributed by atoms with van der Waals surface area (Å²) in [6, 6.07) is 0. The smallest absolute Gasteiger partial charge is 0.0810 e. The minimum absolute atomic E-state index is 0. The molecule has 0 aromatic heterocycles. The Hall–Kier alpha value is 0.210. The van der Waals surface area contributed by atoms with Crippen molar-refractivity contribution in [3.8, 4) is 0 Å². The second-order valence-electron chi connectivity index (χ2n) is 3.48. The maximum Gasteiger partial charge on any atom is 0.0810 e. The van der Waals surface area contributed by atoms with Crippen LogP contribution in [0.15, 0.2) is 0 Å². The molecule has 0 spiro atoms. The first kappa shape index (κ1) is 10.2. The summed E-state index contributed by atoms with van der Waals surface area (Å²) >= 11 is 0. The highest BCUT2D eigenvalue weighted by Gasteiger charge is 2.24. The number of ether oxygens (including phenoxy) is 1. The maximum absolute atomic E-state index is 5.76. The average molecular weight is 166 g/mol. The third-order valence-corrected chi connectivity index (χ3v) is 1.51. The van der Waals surface area contributed by atoms with E-state index < -0.39 is 0 Å². The molecule has 1 atom stereocenters. The van der Waals surface area contributed by atoms with Gasteiger partial charge in [0.2, 0.25) is 0 Å². The molecule has 1 fully saturated rings. The quantitative estimate of drug-likeness (QED) is 0.641. The second kappa shape index (κ2) is 3.56. The lowest BCUT2D eigenvalue weighted by Crippen LogP contribution is -2.31. The van der Waals surface area contributed by atoms with E-state index >= 15 is 0 Å². The lowest BCUT2D eigenvalue weighted by atomic mass is 9.99. The first-order valence-electron chi connectivity index (χ1n) is 3.48. The van der Waals surface area contributed by atoms with Crippen LogP contribution in [0.4, 0.5) is 0 Å². The predicted octanol–water partition coefficient (Wildman–Crippen LogP) is 1.32. The van der Waals surface area contributed by atoms with Crippen LogP contribution in [0, 0.1) is 0 Å². The molecular formula is C7H16ClNO. The summed E-state index contributed by atoms with van der Waals surface area (Å²) in [6.45, 7) is 5.06. The van der Waals surface area contributed by atoms with Crippen molar-refractivity contribution in [2.24, 2.45) is 5.73 Å². The van der Waals surface area contributed by atoms with Gasteiger partial charge in [0.25, 0.3) is 0 Å². The third kappa shape index (κ3) is 5.03. The van der Waals surface area contributed by atoms with Crippen LogP contribution in [0.2, 0.25) is 0 Å². The molecule has 2 N–H and O–H groups in total. The minimum Gasteiger partial charge on any atom is -0.373 e. The summed E-state index contributed by atoms with van der Waals surface area (Å²) in [5.74, 6) is 0. The van der Waals surface area contributed by atoms with E-state index in [4.69, 9.17) is 10.5 Å². The fraction of sp³-hybridized carbons (Fsp3) is 1.00. The monoisotopic (exact) mass is 165 g/mol. The Balaban J connectivity index is 0.000000810. The molecule has 62 valence electrons. The molecule has 0 amide bonds. The molecule has 0 radical (unpaired) electrons. The molecule has 1 saturated heterocycles. The van der Waals surface area contributed by atoms with Gasteiger partial charge in [0.15, 0.2) is 0 Å². The van der Waals surface area contributed by atoms with E-state index in [1.807, 2.05) is 0 Å². The van der Waals surface area contributed by atoms with E-state index in [1.54, 1.807) is 0 Å². The van der Waals surface area contributed by atoms with Gasteiger partial charge in [0, 0.05) is 5.54 Å². The van der Waals surface area contributed by atoms with Crippen molar-refractivity contribution < 1.29 is 4.74 Å². The Morgan fingerprint density at radius 1 is 1.60 bits per heavy atom. The van der Waals surface area contributed by atoms with Crippen LogP contribution in [0.1, 0.15) is 26.7 Å². The summed E-state index contributed by atoms with van der Waals surface area (Å²) in [6.07, 6.45) is 2.73. The Labute approximate surface area is 68.5 Å². The van der Waals surface area contributed by atoms with E-state index in [1.165, 1.54) is 0 Å². The predicted molar refractivity (Wildman–Crippen MR) is 44.5 cm³/mol. The minimum atomic E-state index is -0.00799. The Bertz CT molecular complexity index is 96.3. The van der Waals surface area contributed by atoms with Crippen molar-refractivity contribution in [3.05, 3.63) is 0 Å². The van der Waals surface area contributed by atoms with E-state index in [2.05, 4.69) is 13.8 Å². The van der Waals surface area contributed by atoms with Gasteiger partial charge in [-0.2, -0.15) is 0 Å². The molecule has 2 nitrogen and oxygen atoms in total. The number of hydrogen-bond donors (Lipinski definition) is 1. The molecule has 0 bridgehead atoms. The van der Waals surface area contributed by atoms with Gasteiger partial charge in [-0.05, 0) is 26.7 Å². The highest BCUT2D eigenvalue weighted by atomic mass is 35.5. The van der Waals surface area contributed by atoms with Crippen molar-refractivity contribution in [1.29, 1.82) is 0 Å². The lowest BCUT2D eigenvalue weighted by molar-refractivity contribution is 0.362. The highest BCUT2D eigenvalue weighted by Crippen LogP contribution is 2.19. The van der Waals surface area contributed by atoms with Crippen molar-refractivity contribution in [2.45, 2.75) is 38.3 Å². The van der Waals surface area contributed by atoms with Crippen molar-refractivity contribution >= 4 is 12.4 Å². The molecule has 0 aromatic rings. The van der Waals surface area contributed by atoms with Crippen LogP contribution in [0.25, 0.3) is 0 Å². The summed E-state index contributed by atoms with van der Waals surface area (Å²) in [7, 11) is 0. The SMILES string of the molecule is CC(C)(N)CCC1CO1.Cl. The van der Waals surface area contributed by atoms with E-state index in [0.717, 1.165) is 19.4 Å². The topological polar surface area (TPSA) is 38.5 Å². The normalized spacial score (nSPS) is 23.7. The molecule has 1 heterocycles. The molecule has 1 unspecified atom stereocenters. The van der Waals surface area contributed by atoms with E-state index in [0.29, 0.717) is 6.10 Å². The average Bonchev–Trinajstić information content (AvgIpc) is 2.38. The number of epoxide rings is 1. The molecular weight excluding hydrogens is 150 g/mol. The molecule has 3 heteroatoms. The van der Waals surface area contributed by atoms with Gasteiger partial charge in [0.05, 0.1) is 12.7 Å². The lowest BCUT2D eigenvalue weighted by Gasteiger charge is -2.16. The van der Waals surface area contributed by atoms with Gasteiger partial charge in [-0.25, -0.2) is 0 Å². The molecule has 1 aliphatic rings. The third-order valence-electron chi connectivity index (χ3n) is 1.51. The Morgan fingerprint density at radius 2 is 2.10 bits per heavy atom. The molecule has 1 aliphatic heterocycles. The number of hydrogen-bond acceptors (Lipinski definition) is 2. The number of halogens is 1. The second-order valence-corrected chi connectivity index (χ2v) is 3.48. The standard InChI is InChI=1S/C7H15NO.ClH/c1-7(2,8)4-3-6-5-9-6;/h6H,3-5,8H2,1-2H3;1H. The van der Waals surface area contributed by atoms with Crippen LogP contribution < -0.4 is 5.73 Å². The van der Waals surface area contributed by atoms with Gasteiger partial charge >= 0.3 is 0 Å². The number of nitrogens with two attached hydrogens (primary N) is 1. The number of rotatable bonds is 3. The van der Waals surface area contributed by atoms with E-state index in [9.17, 15) is 0 Å². The van der Waals surface area contributed by atoms with Gasteiger partial charge in [0.1, 0.15) is 0 Å². The van der Waals surface area contributed by atoms with Crippen molar-refractivity contribution in [3.63, 3.8) is 0 Å². The largest absolute Gasteiger partial charge is 0.373 e. The van der Waals surface area contributed by atoms with Crippen LogP contribution in [-0.2, 0) is 4.74 Å². The fourth-order valence-electron chi connectivity index (χ4n) is 0.768. The van der Waals surface area contributed by atoms with Crippen LogP contribution in [-0.4, -0.2) is 18.2 Å². The highest BCUT2D eigenvalue weighted by molar-refractivity contribution is 5.85. The zero-order valence-electron chi connectivity index (χ0n) is 6.59. The molecule has 0 saturated carbocycles. The van der Waals surface area contributed by atoms with E-state index in [-0.39, 0.29) is 17.9 Å². The first-order valence-corrected chi connectivity index (χ1v) is 3.48. The molecule has 0 aromatic carbocycles. The Kier molecular flexibility index (Phi) is 3.63. The zero-order chi connectivity index (χ0) is 6.91. The van der Waals surface area contributed by atoms with Crippen molar-refractivity contribution in [1.82, 2.24) is 0 Å². The summed E-state index contributed by atoms with van der Waals surface area (Å²) in [5.41, 5.74) is 5.75. The maximum atomic E-state index is 5.76. The van der Waals surface area contributed by atoms with Gasteiger partial charge in [-0.3, -0.25) is 0 Å². The van der Waals surface area contributed by atoms with Gasteiger partial charge < -0.3 is 10.5 Å². The fourth-order valence-corrected chi connectivity index (χ4v) is 0.768. The van der Waals surface area contributed by atoms with Gasteiger partial charge in [-0.15, -0.1) is 12.4 Å². The zero-order valence-corrected chi connectivity index (χ0v) is 7.41. The first-order chi connectivity index (χ1) is 4.08. The van der Waals surface area contributed by atoms with Crippen LogP contribution in [0.5, 0.6) is 0 Å². The molecule has 0 aliphatic carbocycles. The molecule has 1 rings (SSSR count).